The van der Waals surface area contributed by atoms with Gasteiger partial charge < -0.3 is 14.8 Å². The van der Waals surface area contributed by atoms with E-state index in [1.807, 2.05) is 22.6 Å². The molecule has 1 saturated carbocycles. The highest BCUT2D eigenvalue weighted by molar-refractivity contribution is 5.92. The van der Waals surface area contributed by atoms with Crippen molar-refractivity contribution in [1.29, 1.82) is 0 Å². The molecule has 3 rings (SSSR count). The van der Waals surface area contributed by atoms with Gasteiger partial charge in [0.1, 0.15) is 5.69 Å². The number of hydrogen-bond acceptors (Lipinski definition) is 3. The minimum Gasteiger partial charge on any atom is -0.354 e. The first-order valence-corrected chi connectivity index (χ1v) is 8.15. The first kappa shape index (κ1) is 15.1. The van der Waals surface area contributed by atoms with Crippen molar-refractivity contribution in [2.75, 3.05) is 13.1 Å². The van der Waals surface area contributed by atoms with Crippen LogP contribution in [0.2, 0.25) is 0 Å². The predicted molar refractivity (Wildman–Crippen MR) is 82.2 cm³/mol. The van der Waals surface area contributed by atoms with Crippen molar-refractivity contribution in [1.82, 2.24) is 19.8 Å². The fourth-order valence-corrected chi connectivity index (χ4v) is 3.61. The second-order valence-electron chi connectivity index (χ2n) is 6.52. The van der Waals surface area contributed by atoms with Gasteiger partial charge in [0.25, 0.3) is 5.91 Å². The minimum atomic E-state index is 0.0486. The molecule has 6 nitrogen and oxygen atoms in total. The number of carbonyl (C=O) groups is 2. The number of likely N-dealkylation sites (tertiary alicyclic amines) is 1. The van der Waals surface area contributed by atoms with Gasteiger partial charge in [0.05, 0.1) is 6.33 Å². The molecule has 1 saturated heterocycles. The van der Waals surface area contributed by atoms with E-state index in [4.69, 9.17) is 0 Å². The lowest BCUT2D eigenvalue weighted by Gasteiger charge is -2.39. The number of aryl methyl sites for hydroxylation is 1. The number of nitrogens with one attached hydrogen (secondary N) is 1. The zero-order valence-electron chi connectivity index (χ0n) is 13.3. The van der Waals surface area contributed by atoms with Crippen molar-refractivity contribution >= 4 is 11.8 Å². The fraction of sp³-hybridized carbons (Fsp3) is 0.688. The summed E-state index contributed by atoms with van der Waals surface area (Å²) >= 11 is 0. The fourth-order valence-electron chi connectivity index (χ4n) is 3.61. The van der Waals surface area contributed by atoms with Gasteiger partial charge in [0, 0.05) is 38.8 Å². The van der Waals surface area contributed by atoms with Gasteiger partial charge in [-0.15, -0.1) is 0 Å². The molecule has 1 atom stereocenters. The lowest BCUT2D eigenvalue weighted by Crippen LogP contribution is -2.46. The molecular formula is C16H24N4O2. The largest absolute Gasteiger partial charge is 0.354 e. The van der Waals surface area contributed by atoms with E-state index in [-0.39, 0.29) is 11.8 Å². The van der Waals surface area contributed by atoms with Crippen LogP contribution in [0.4, 0.5) is 0 Å². The van der Waals surface area contributed by atoms with E-state index in [1.165, 1.54) is 0 Å². The Morgan fingerprint density at radius 1 is 1.36 bits per heavy atom. The molecule has 1 unspecified atom stereocenters. The zero-order valence-corrected chi connectivity index (χ0v) is 13.3. The highest BCUT2D eigenvalue weighted by Gasteiger charge is 2.39. The Balaban J connectivity index is 1.50. The van der Waals surface area contributed by atoms with Crippen LogP contribution in [0.15, 0.2) is 12.5 Å². The highest BCUT2D eigenvalue weighted by atomic mass is 16.2. The molecule has 6 heteroatoms. The van der Waals surface area contributed by atoms with Crippen molar-refractivity contribution in [3.8, 4) is 0 Å². The average Bonchev–Trinajstić information content (AvgIpc) is 3.10. The van der Waals surface area contributed by atoms with Crippen LogP contribution in [0.1, 0.15) is 43.6 Å². The molecule has 0 aromatic carbocycles. The van der Waals surface area contributed by atoms with Crippen LogP contribution in [0.5, 0.6) is 0 Å². The first-order chi connectivity index (χ1) is 10.6. The van der Waals surface area contributed by atoms with Crippen molar-refractivity contribution in [2.45, 2.75) is 45.7 Å². The van der Waals surface area contributed by atoms with Crippen LogP contribution in [0, 0.1) is 11.8 Å². The van der Waals surface area contributed by atoms with Gasteiger partial charge in [-0.1, -0.05) is 0 Å². The van der Waals surface area contributed by atoms with Crippen LogP contribution < -0.4 is 5.32 Å². The Morgan fingerprint density at radius 3 is 2.77 bits per heavy atom. The molecular weight excluding hydrogens is 280 g/mol. The summed E-state index contributed by atoms with van der Waals surface area (Å²) in [7, 11) is 0. The summed E-state index contributed by atoms with van der Waals surface area (Å²) in [6, 6.07) is 0.340. The third kappa shape index (κ3) is 3.00. The monoisotopic (exact) mass is 304 g/mol. The smallest absolute Gasteiger partial charge is 0.274 e. The van der Waals surface area contributed by atoms with Crippen molar-refractivity contribution < 1.29 is 9.59 Å². The van der Waals surface area contributed by atoms with Crippen LogP contribution in [-0.2, 0) is 11.3 Å². The molecule has 0 spiro atoms. The number of amides is 2. The van der Waals surface area contributed by atoms with E-state index in [2.05, 4.69) is 10.3 Å². The van der Waals surface area contributed by atoms with E-state index in [0.29, 0.717) is 23.6 Å². The van der Waals surface area contributed by atoms with Gasteiger partial charge in [-0.3, -0.25) is 9.59 Å². The lowest BCUT2D eigenvalue weighted by atomic mass is 9.72. The summed E-state index contributed by atoms with van der Waals surface area (Å²) in [5, 5.41) is 2.97. The average molecular weight is 304 g/mol. The Labute approximate surface area is 130 Å². The first-order valence-electron chi connectivity index (χ1n) is 8.15. The van der Waals surface area contributed by atoms with Crippen molar-refractivity contribution in [2.24, 2.45) is 11.8 Å². The Kier molecular flexibility index (Phi) is 4.18. The molecule has 2 fully saturated rings. The summed E-state index contributed by atoms with van der Waals surface area (Å²) in [6.07, 6.45) is 6.71. The van der Waals surface area contributed by atoms with Gasteiger partial charge in [-0.05, 0) is 38.0 Å². The molecule has 1 aromatic rings. The standard InChI is InChI=1S/C16H24N4O2/c1-3-19-9-15(17-10-19)16(22)20-5-4-12(8-20)13-6-14(7-13)18-11(2)21/h9-10,12-14H,3-8H2,1-2H3,(H,18,21). The van der Waals surface area contributed by atoms with E-state index >= 15 is 0 Å². The molecule has 0 radical (unpaired) electrons. The highest BCUT2D eigenvalue weighted by Crippen LogP contribution is 2.38. The van der Waals surface area contributed by atoms with Gasteiger partial charge in [-0.25, -0.2) is 4.98 Å². The molecule has 0 bridgehead atoms. The van der Waals surface area contributed by atoms with E-state index in [1.54, 1.807) is 13.3 Å². The summed E-state index contributed by atoms with van der Waals surface area (Å²) < 4.78 is 1.92. The van der Waals surface area contributed by atoms with Crippen LogP contribution in [0.3, 0.4) is 0 Å². The second-order valence-corrected chi connectivity index (χ2v) is 6.52. The van der Waals surface area contributed by atoms with Gasteiger partial charge in [0.15, 0.2) is 0 Å². The summed E-state index contributed by atoms with van der Waals surface area (Å²) in [5.41, 5.74) is 0.548. The number of carbonyl (C=O) groups excluding carboxylic acids is 2. The van der Waals surface area contributed by atoms with Crippen LogP contribution in [-0.4, -0.2) is 45.4 Å². The van der Waals surface area contributed by atoms with Crippen molar-refractivity contribution in [3.05, 3.63) is 18.2 Å². The third-order valence-electron chi connectivity index (χ3n) is 4.98. The number of nitrogens with zero attached hydrogens (tertiary/aromatic N) is 3. The van der Waals surface area contributed by atoms with E-state index in [9.17, 15) is 9.59 Å². The second kappa shape index (κ2) is 6.10. The maximum atomic E-state index is 12.5. The molecule has 2 aliphatic rings. The predicted octanol–water partition coefficient (Wildman–Crippen LogP) is 1.28. The number of imidazole rings is 1. The molecule has 1 aliphatic heterocycles. The topological polar surface area (TPSA) is 67.2 Å². The Bertz CT molecular complexity index is 562. The summed E-state index contributed by atoms with van der Waals surface area (Å²) in [4.78, 5) is 29.6. The normalized spacial score (nSPS) is 27.5. The summed E-state index contributed by atoms with van der Waals surface area (Å²) in [5.74, 6) is 1.32. The SMILES string of the molecule is CCn1cnc(C(=O)N2CCC(C3CC(NC(C)=O)C3)C2)c1. The zero-order chi connectivity index (χ0) is 15.7. The molecule has 120 valence electrons. The minimum absolute atomic E-state index is 0.0486. The van der Waals surface area contributed by atoms with Gasteiger partial charge in [0.2, 0.25) is 5.91 Å². The quantitative estimate of drug-likeness (QED) is 0.911. The maximum Gasteiger partial charge on any atom is 0.274 e. The Morgan fingerprint density at radius 2 is 2.14 bits per heavy atom. The van der Waals surface area contributed by atoms with E-state index in [0.717, 1.165) is 38.9 Å². The van der Waals surface area contributed by atoms with Crippen LogP contribution >= 0.6 is 0 Å². The molecule has 22 heavy (non-hydrogen) atoms. The van der Waals surface area contributed by atoms with E-state index < -0.39 is 0 Å². The molecule has 2 heterocycles. The number of rotatable bonds is 4. The van der Waals surface area contributed by atoms with Crippen molar-refractivity contribution in [3.63, 3.8) is 0 Å². The maximum absolute atomic E-state index is 12.5. The summed E-state index contributed by atoms with van der Waals surface area (Å²) in [6.45, 7) is 6.08. The van der Waals surface area contributed by atoms with Crippen LogP contribution in [0.25, 0.3) is 0 Å². The molecule has 1 aliphatic carbocycles. The lowest BCUT2D eigenvalue weighted by molar-refractivity contribution is -0.120. The third-order valence-corrected chi connectivity index (χ3v) is 4.98. The van der Waals surface area contributed by atoms with Gasteiger partial charge >= 0.3 is 0 Å². The molecule has 2 amide bonds. The number of hydrogen-bond donors (Lipinski definition) is 1. The molecule has 1 N–H and O–H groups in total. The number of aromatic nitrogens is 2. The molecule has 1 aromatic heterocycles. The Hall–Kier alpha value is -1.85. The van der Waals surface area contributed by atoms with Gasteiger partial charge in [-0.2, -0.15) is 0 Å².